The Hall–Kier alpha value is -2.23. The van der Waals surface area contributed by atoms with Crippen LogP contribution in [0.25, 0.3) is 0 Å². The van der Waals surface area contributed by atoms with Crippen molar-refractivity contribution in [3.63, 3.8) is 0 Å². The minimum Gasteiger partial charge on any atom is -0.496 e. The number of para-hydroxylation sites is 1. The fourth-order valence-electron chi connectivity index (χ4n) is 3.42. The van der Waals surface area contributed by atoms with Gasteiger partial charge < -0.3 is 14.5 Å². The maximum absolute atomic E-state index is 12.2. The molecule has 4 nitrogen and oxygen atoms in total. The molecule has 0 aliphatic heterocycles. The first-order valence-corrected chi connectivity index (χ1v) is 7.70. The van der Waals surface area contributed by atoms with Crippen LogP contribution < -0.4 is 10.1 Å². The average molecular weight is 299 g/mol. The number of carbonyl (C=O) groups is 1. The molecule has 0 atom stereocenters. The fourth-order valence-corrected chi connectivity index (χ4v) is 3.42. The first kappa shape index (κ1) is 14.7. The summed E-state index contributed by atoms with van der Waals surface area (Å²) in [6, 6.07) is 11.5. The number of hydrogen-bond acceptors (Lipinski definition) is 3. The van der Waals surface area contributed by atoms with Gasteiger partial charge in [0, 0.05) is 17.5 Å². The highest BCUT2D eigenvalue weighted by Crippen LogP contribution is 2.44. The molecule has 1 aromatic heterocycles. The predicted octanol–water partition coefficient (Wildman–Crippen LogP) is 3.53. The van der Waals surface area contributed by atoms with Crippen LogP contribution >= 0.6 is 0 Å². The third-order valence-corrected chi connectivity index (χ3v) is 4.57. The minimum absolute atomic E-state index is 0.0468. The van der Waals surface area contributed by atoms with E-state index in [1.54, 1.807) is 19.2 Å². The Balaban J connectivity index is 1.81. The lowest BCUT2D eigenvalue weighted by molar-refractivity contribution is 0.0915. The van der Waals surface area contributed by atoms with E-state index in [4.69, 9.17) is 9.15 Å². The summed E-state index contributed by atoms with van der Waals surface area (Å²) in [7, 11) is 1.70. The normalized spacial score (nSPS) is 16.4. The van der Waals surface area contributed by atoms with Gasteiger partial charge in [0.15, 0.2) is 5.76 Å². The quantitative estimate of drug-likeness (QED) is 0.919. The second-order valence-corrected chi connectivity index (χ2v) is 5.85. The Kier molecular flexibility index (Phi) is 4.18. The van der Waals surface area contributed by atoms with Gasteiger partial charge in [-0.3, -0.25) is 4.79 Å². The Bertz CT molecular complexity index is 628. The molecule has 1 fully saturated rings. The molecule has 0 bridgehead atoms. The van der Waals surface area contributed by atoms with E-state index in [1.165, 1.54) is 24.7 Å². The number of carbonyl (C=O) groups excluding carboxylic acids is 1. The van der Waals surface area contributed by atoms with Crippen LogP contribution in [0.5, 0.6) is 5.75 Å². The monoisotopic (exact) mass is 299 g/mol. The van der Waals surface area contributed by atoms with E-state index in [1.807, 2.05) is 18.2 Å². The molecular weight excluding hydrogens is 278 g/mol. The summed E-state index contributed by atoms with van der Waals surface area (Å²) >= 11 is 0. The van der Waals surface area contributed by atoms with Crippen molar-refractivity contribution in [3.05, 3.63) is 54.0 Å². The van der Waals surface area contributed by atoms with Gasteiger partial charge in [0.2, 0.25) is 0 Å². The molecule has 0 radical (unpaired) electrons. The predicted molar refractivity (Wildman–Crippen MR) is 84.2 cm³/mol. The SMILES string of the molecule is COc1ccccc1C1(CNC(=O)c2ccco2)CCCC1. The van der Waals surface area contributed by atoms with E-state index in [2.05, 4.69) is 11.4 Å². The molecule has 0 unspecified atom stereocenters. The van der Waals surface area contributed by atoms with Crippen molar-refractivity contribution in [1.82, 2.24) is 5.32 Å². The number of ether oxygens (including phenoxy) is 1. The van der Waals surface area contributed by atoms with Crippen LogP contribution in [0.15, 0.2) is 47.1 Å². The number of methoxy groups -OCH3 is 1. The first-order valence-electron chi connectivity index (χ1n) is 7.70. The van der Waals surface area contributed by atoms with Crippen molar-refractivity contribution >= 4 is 5.91 Å². The average Bonchev–Trinajstić information content (AvgIpc) is 3.25. The summed E-state index contributed by atoms with van der Waals surface area (Å²) in [4.78, 5) is 12.2. The van der Waals surface area contributed by atoms with Crippen molar-refractivity contribution < 1.29 is 13.9 Å². The van der Waals surface area contributed by atoms with Gasteiger partial charge in [-0.05, 0) is 31.0 Å². The van der Waals surface area contributed by atoms with Crippen LogP contribution in [0.4, 0.5) is 0 Å². The lowest BCUT2D eigenvalue weighted by Crippen LogP contribution is -2.39. The standard InChI is InChI=1S/C18H21NO3/c1-21-15-8-3-2-7-14(15)18(10-4-5-11-18)13-19-17(20)16-9-6-12-22-16/h2-3,6-9,12H,4-5,10-11,13H2,1H3,(H,19,20). The molecule has 0 saturated heterocycles. The van der Waals surface area contributed by atoms with Crippen molar-refractivity contribution in [2.24, 2.45) is 0 Å². The molecule has 0 spiro atoms. The number of benzene rings is 1. The molecule has 1 aliphatic rings. The summed E-state index contributed by atoms with van der Waals surface area (Å²) < 4.78 is 10.7. The van der Waals surface area contributed by atoms with Gasteiger partial charge in [-0.1, -0.05) is 31.0 Å². The number of rotatable bonds is 5. The maximum Gasteiger partial charge on any atom is 0.287 e. The summed E-state index contributed by atoms with van der Waals surface area (Å²) in [5.41, 5.74) is 1.14. The fraction of sp³-hybridized carbons (Fsp3) is 0.389. The molecule has 1 aliphatic carbocycles. The molecule has 1 amide bonds. The maximum atomic E-state index is 12.2. The van der Waals surface area contributed by atoms with Gasteiger partial charge in [-0.2, -0.15) is 0 Å². The van der Waals surface area contributed by atoms with Crippen molar-refractivity contribution in [2.75, 3.05) is 13.7 Å². The number of hydrogen-bond donors (Lipinski definition) is 1. The summed E-state index contributed by atoms with van der Waals surface area (Å²) in [5.74, 6) is 1.09. The minimum atomic E-state index is -0.161. The molecule has 22 heavy (non-hydrogen) atoms. The smallest absolute Gasteiger partial charge is 0.287 e. The highest BCUT2D eigenvalue weighted by atomic mass is 16.5. The van der Waals surface area contributed by atoms with E-state index in [9.17, 15) is 4.79 Å². The first-order chi connectivity index (χ1) is 10.7. The molecule has 3 rings (SSSR count). The second-order valence-electron chi connectivity index (χ2n) is 5.85. The summed E-state index contributed by atoms with van der Waals surface area (Å²) in [6.07, 6.45) is 5.99. The molecule has 116 valence electrons. The second kappa shape index (κ2) is 6.26. The topological polar surface area (TPSA) is 51.5 Å². The molecule has 4 heteroatoms. The zero-order chi connectivity index (χ0) is 15.4. The Morgan fingerprint density at radius 2 is 2.00 bits per heavy atom. The molecule has 1 N–H and O–H groups in total. The molecular formula is C18H21NO3. The third kappa shape index (κ3) is 2.73. The van der Waals surface area contributed by atoms with E-state index in [-0.39, 0.29) is 11.3 Å². The van der Waals surface area contributed by atoms with Crippen LogP contribution in [0.1, 0.15) is 41.8 Å². The highest BCUT2D eigenvalue weighted by Gasteiger charge is 2.38. The zero-order valence-electron chi connectivity index (χ0n) is 12.8. The van der Waals surface area contributed by atoms with Crippen LogP contribution in [0.3, 0.4) is 0 Å². The van der Waals surface area contributed by atoms with Crippen molar-refractivity contribution in [2.45, 2.75) is 31.1 Å². The molecule has 2 aromatic rings. The summed E-state index contributed by atoms with van der Waals surface area (Å²) in [6.45, 7) is 0.604. The Morgan fingerprint density at radius 3 is 2.68 bits per heavy atom. The lowest BCUT2D eigenvalue weighted by atomic mass is 9.78. The van der Waals surface area contributed by atoms with E-state index < -0.39 is 0 Å². The van der Waals surface area contributed by atoms with Gasteiger partial charge in [0.05, 0.1) is 13.4 Å². The zero-order valence-corrected chi connectivity index (χ0v) is 12.8. The van der Waals surface area contributed by atoms with Gasteiger partial charge in [-0.15, -0.1) is 0 Å². The highest BCUT2D eigenvalue weighted by molar-refractivity contribution is 5.91. The third-order valence-electron chi connectivity index (χ3n) is 4.57. The number of amides is 1. The molecule has 1 aromatic carbocycles. The molecule has 1 saturated carbocycles. The largest absolute Gasteiger partial charge is 0.496 e. The van der Waals surface area contributed by atoms with E-state index in [0.29, 0.717) is 12.3 Å². The van der Waals surface area contributed by atoms with Gasteiger partial charge >= 0.3 is 0 Å². The van der Waals surface area contributed by atoms with E-state index >= 15 is 0 Å². The van der Waals surface area contributed by atoms with E-state index in [0.717, 1.165) is 18.6 Å². The van der Waals surface area contributed by atoms with Crippen LogP contribution in [0, 0.1) is 0 Å². The van der Waals surface area contributed by atoms with Crippen LogP contribution in [-0.4, -0.2) is 19.6 Å². The Morgan fingerprint density at radius 1 is 1.23 bits per heavy atom. The Labute approximate surface area is 130 Å². The lowest BCUT2D eigenvalue weighted by Gasteiger charge is -2.31. The number of furan rings is 1. The van der Waals surface area contributed by atoms with Crippen LogP contribution in [-0.2, 0) is 5.41 Å². The molecule has 1 heterocycles. The van der Waals surface area contributed by atoms with Crippen LogP contribution in [0.2, 0.25) is 0 Å². The van der Waals surface area contributed by atoms with Gasteiger partial charge in [0.25, 0.3) is 5.91 Å². The summed E-state index contributed by atoms with van der Waals surface area (Å²) in [5, 5.41) is 3.03. The van der Waals surface area contributed by atoms with Crippen molar-refractivity contribution in [3.8, 4) is 5.75 Å². The number of nitrogens with one attached hydrogen (secondary N) is 1. The van der Waals surface area contributed by atoms with Gasteiger partial charge in [-0.25, -0.2) is 0 Å². The van der Waals surface area contributed by atoms with Crippen molar-refractivity contribution in [1.29, 1.82) is 0 Å². The van der Waals surface area contributed by atoms with Gasteiger partial charge in [0.1, 0.15) is 5.75 Å².